The highest BCUT2D eigenvalue weighted by Crippen LogP contribution is 2.23. The lowest BCUT2D eigenvalue weighted by Gasteiger charge is -2.32. The molecule has 1 N–H and O–H groups in total. The van der Waals surface area contributed by atoms with Crippen molar-refractivity contribution in [3.8, 4) is 11.8 Å². The third-order valence-corrected chi connectivity index (χ3v) is 4.39. The zero-order valence-electron chi connectivity index (χ0n) is 13.9. The minimum Gasteiger partial charge on any atom is -0.480 e. The smallest absolute Gasteiger partial charge is 0.317 e. The predicted octanol–water partition coefficient (Wildman–Crippen LogP) is 1.22. The van der Waals surface area contributed by atoms with Crippen molar-refractivity contribution in [1.82, 2.24) is 20.2 Å². The van der Waals surface area contributed by atoms with E-state index in [9.17, 15) is 4.79 Å². The fourth-order valence-electron chi connectivity index (χ4n) is 3.01. The van der Waals surface area contributed by atoms with Gasteiger partial charge in [0, 0.05) is 19.1 Å². The number of nitrogens with zero attached hydrogens (tertiary/aromatic N) is 3. The maximum atomic E-state index is 12.2. The molecular weight excluding hydrogens is 312 g/mol. The molecule has 1 saturated heterocycles. The second-order valence-electron chi connectivity index (χ2n) is 6.04. The average Bonchev–Trinajstić information content (AvgIpc) is 2.64. The maximum Gasteiger partial charge on any atom is 0.317 e. The first kappa shape index (κ1) is 16.8. The molecule has 1 saturated carbocycles. The van der Waals surface area contributed by atoms with Crippen LogP contribution in [-0.4, -0.2) is 66.5 Å². The molecule has 8 heteroatoms. The maximum absolute atomic E-state index is 12.2. The fraction of sp³-hybridized carbons (Fsp3) is 0.688. The lowest BCUT2D eigenvalue weighted by molar-refractivity contribution is 0.0513. The van der Waals surface area contributed by atoms with Crippen molar-refractivity contribution >= 4 is 6.03 Å². The van der Waals surface area contributed by atoms with Crippen LogP contribution in [0.2, 0.25) is 0 Å². The number of aromatic nitrogens is 2. The minimum atomic E-state index is 0.0151. The van der Waals surface area contributed by atoms with Gasteiger partial charge in [-0.05, 0) is 25.7 Å². The first-order valence-corrected chi connectivity index (χ1v) is 8.40. The number of rotatable bonds is 4. The van der Waals surface area contributed by atoms with E-state index in [-0.39, 0.29) is 18.2 Å². The summed E-state index contributed by atoms with van der Waals surface area (Å²) in [6.45, 7) is 2.57. The van der Waals surface area contributed by atoms with Crippen LogP contribution in [-0.2, 0) is 4.74 Å². The molecule has 3 rings (SSSR count). The minimum absolute atomic E-state index is 0.0151. The van der Waals surface area contributed by atoms with Crippen LogP contribution in [0.1, 0.15) is 25.7 Å². The molecule has 0 radical (unpaired) electrons. The normalized spacial score (nSPS) is 24.3. The van der Waals surface area contributed by atoms with Gasteiger partial charge in [-0.25, -0.2) is 4.79 Å². The van der Waals surface area contributed by atoms with Gasteiger partial charge in [0.25, 0.3) is 0 Å². The zero-order chi connectivity index (χ0) is 16.8. The molecule has 0 atom stereocenters. The van der Waals surface area contributed by atoms with E-state index in [1.165, 1.54) is 0 Å². The number of carbonyl (C=O) groups is 1. The number of amides is 2. The van der Waals surface area contributed by atoms with Crippen molar-refractivity contribution in [2.75, 3.05) is 33.4 Å². The van der Waals surface area contributed by atoms with E-state index in [4.69, 9.17) is 14.2 Å². The van der Waals surface area contributed by atoms with Crippen molar-refractivity contribution in [2.45, 2.75) is 37.8 Å². The molecule has 0 unspecified atom stereocenters. The molecular formula is C16H24N4O4. The van der Waals surface area contributed by atoms with E-state index in [0.29, 0.717) is 38.1 Å². The van der Waals surface area contributed by atoms with Gasteiger partial charge in [0.2, 0.25) is 11.8 Å². The molecule has 2 aliphatic rings. The van der Waals surface area contributed by atoms with Crippen LogP contribution in [0.3, 0.4) is 0 Å². The SMILES string of the molecule is COc1cncc(OC2CCC(NC(=O)N3CCOCC3)CC2)n1. The van der Waals surface area contributed by atoms with Crippen LogP contribution in [0.4, 0.5) is 4.79 Å². The van der Waals surface area contributed by atoms with Crippen molar-refractivity contribution in [3.05, 3.63) is 12.4 Å². The average molecular weight is 336 g/mol. The van der Waals surface area contributed by atoms with Crippen molar-refractivity contribution in [1.29, 1.82) is 0 Å². The molecule has 2 amide bonds. The number of nitrogens with one attached hydrogen (secondary N) is 1. The van der Waals surface area contributed by atoms with Gasteiger partial charge in [0.1, 0.15) is 6.10 Å². The van der Waals surface area contributed by atoms with E-state index in [0.717, 1.165) is 25.7 Å². The van der Waals surface area contributed by atoms with Gasteiger partial charge in [0.05, 0.1) is 32.7 Å². The van der Waals surface area contributed by atoms with Gasteiger partial charge in [-0.15, -0.1) is 0 Å². The highest BCUT2D eigenvalue weighted by Gasteiger charge is 2.26. The standard InChI is InChI=1S/C16H24N4O4/c1-22-14-10-17-11-15(19-14)24-13-4-2-12(3-5-13)18-16(21)20-6-8-23-9-7-20/h10-13H,2-9H2,1H3,(H,18,21). The van der Waals surface area contributed by atoms with Gasteiger partial charge in [-0.3, -0.25) is 4.98 Å². The number of urea groups is 1. The third kappa shape index (κ3) is 4.47. The summed E-state index contributed by atoms with van der Waals surface area (Å²) in [4.78, 5) is 22.3. The second-order valence-corrected chi connectivity index (χ2v) is 6.04. The Balaban J connectivity index is 1.42. The summed E-state index contributed by atoms with van der Waals surface area (Å²) in [6, 6.07) is 0.220. The quantitative estimate of drug-likeness (QED) is 0.890. The van der Waals surface area contributed by atoms with Crippen LogP contribution in [0.5, 0.6) is 11.8 Å². The highest BCUT2D eigenvalue weighted by molar-refractivity contribution is 5.74. The molecule has 0 spiro atoms. The van der Waals surface area contributed by atoms with E-state index in [1.807, 2.05) is 4.90 Å². The number of hydrogen-bond acceptors (Lipinski definition) is 6. The summed E-state index contributed by atoms with van der Waals surface area (Å²) < 4.78 is 16.2. The topological polar surface area (TPSA) is 85.8 Å². The fourth-order valence-corrected chi connectivity index (χ4v) is 3.01. The number of ether oxygens (including phenoxy) is 3. The van der Waals surface area contributed by atoms with Gasteiger partial charge in [-0.2, -0.15) is 4.98 Å². The van der Waals surface area contributed by atoms with Crippen molar-refractivity contribution < 1.29 is 19.0 Å². The summed E-state index contributed by atoms with van der Waals surface area (Å²) in [5.41, 5.74) is 0. The number of methoxy groups -OCH3 is 1. The molecule has 1 aliphatic carbocycles. The molecule has 1 aliphatic heterocycles. The monoisotopic (exact) mass is 336 g/mol. The Hall–Kier alpha value is -2.09. The Morgan fingerprint density at radius 1 is 1.21 bits per heavy atom. The first-order valence-electron chi connectivity index (χ1n) is 8.40. The molecule has 1 aromatic rings. The molecule has 132 valence electrons. The summed E-state index contributed by atoms with van der Waals surface area (Å²) in [7, 11) is 1.55. The van der Waals surface area contributed by atoms with E-state index in [1.54, 1.807) is 19.5 Å². The molecule has 1 aromatic heterocycles. The molecule has 0 aromatic carbocycles. The van der Waals surface area contributed by atoms with E-state index >= 15 is 0 Å². The number of hydrogen-bond donors (Lipinski definition) is 1. The predicted molar refractivity (Wildman–Crippen MR) is 86.2 cm³/mol. The summed E-state index contributed by atoms with van der Waals surface area (Å²) in [6.07, 6.45) is 6.80. The Bertz CT molecular complexity index is 543. The van der Waals surface area contributed by atoms with Crippen LogP contribution >= 0.6 is 0 Å². The molecule has 0 bridgehead atoms. The Labute approximate surface area is 141 Å². The van der Waals surface area contributed by atoms with E-state index < -0.39 is 0 Å². The van der Waals surface area contributed by atoms with Gasteiger partial charge in [0.15, 0.2) is 0 Å². The molecule has 2 heterocycles. The summed E-state index contributed by atoms with van der Waals surface area (Å²) in [5, 5.41) is 3.12. The Morgan fingerprint density at radius 2 is 1.92 bits per heavy atom. The van der Waals surface area contributed by atoms with Gasteiger partial charge >= 0.3 is 6.03 Å². The van der Waals surface area contributed by atoms with Gasteiger partial charge in [-0.1, -0.05) is 0 Å². The van der Waals surface area contributed by atoms with Crippen LogP contribution < -0.4 is 14.8 Å². The van der Waals surface area contributed by atoms with Gasteiger partial charge < -0.3 is 24.4 Å². The molecule has 8 nitrogen and oxygen atoms in total. The second kappa shape index (κ2) is 8.14. The molecule has 24 heavy (non-hydrogen) atoms. The van der Waals surface area contributed by atoms with Crippen LogP contribution in [0.15, 0.2) is 12.4 Å². The first-order chi connectivity index (χ1) is 11.7. The lowest BCUT2D eigenvalue weighted by atomic mass is 9.93. The largest absolute Gasteiger partial charge is 0.480 e. The Morgan fingerprint density at radius 3 is 2.62 bits per heavy atom. The van der Waals surface area contributed by atoms with Crippen molar-refractivity contribution in [3.63, 3.8) is 0 Å². The zero-order valence-corrected chi connectivity index (χ0v) is 13.9. The Kier molecular flexibility index (Phi) is 5.68. The van der Waals surface area contributed by atoms with Crippen LogP contribution in [0.25, 0.3) is 0 Å². The summed E-state index contributed by atoms with van der Waals surface area (Å²) >= 11 is 0. The van der Waals surface area contributed by atoms with E-state index in [2.05, 4.69) is 15.3 Å². The molecule has 2 fully saturated rings. The van der Waals surface area contributed by atoms with Crippen LogP contribution in [0, 0.1) is 0 Å². The summed E-state index contributed by atoms with van der Waals surface area (Å²) in [5.74, 6) is 0.925. The van der Waals surface area contributed by atoms with Crippen molar-refractivity contribution in [2.24, 2.45) is 0 Å². The number of morpholine rings is 1. The number of carbonyl (C=O) groups excluding carboxylic acids is 1. The third-order valence-electron chi connectivity index (χ3n) is 4.39. The highest BCUT2D eigenvalue weighted by atomic mass is 16.5. The lowest BCUT2D eigenvalue weighted by Crippen LogP contribution is -2.50.